The van der Waals surface area contributed by atoms with Gasteiger partial charge in [-0.15, -0.1) is 0 Å². The van der Waals surface area contributed by atoms with Gasteiger partial charge in [0.2, 0.25) is 11.8 Å². The van der Waals surface area contributed by atoms with Crippen LogP contribution in [-0.2, 0) is 16.1 Å². The molecule has 1 N–H and O–H groups in total. The van der Waals surface area contributed by atoms with Crippen LogP contribution in [0.25, 0.3) is 0 Å². The molecule has 0 saturated carbocycles. The molecule has 0 fully saturated rings. The second kappa shape index (κ2) is 9.19. The molecule has 0 aliphatic rings. The Balaban J connectivity index is 1.94. The highest BCUT2D eigenvalue weighted by Gasteiger charge is 2.17. The van der Waals surface area contributed by atoms with Gasteiger partial charge in [-0.05, 0) is 26.0 Å². The van der Waals surface area contributed by atoms with E-state index in [0.717, 1.165) is 17.0 Å². The smallest absolute Gasteiger partial charge is 0.307 e. The summed E-state index contributed by atoms with van der Waals surface area (Å²) in [5, 5.41) is 4.53. The fourth-order valence-electron chi connectivity index (χ4n) is 2.53. The molecule has 0 saturated heterocycles. The first kappa shape index (κ1) is 19.7. The number of thiazole rings is 1. The summed E-state index contributed by atoms with van der Waals surface area (Å²) in [6.45, 7) is 4.33. The number of nitrogens with one attached hydrogen (secondary N) is 1. The molecule has 1 aromatic carbocycles. The highest BCUT2D eigenvalue weighted by Crippen LogP contribution is 2.22. The number of amides is 2. The van der Waals surface area contributed by atoms with E-state index in [1.165, 1.54) is 12.0 Å². The Morgan fingerprint density at radius 2 is 2.04 bits per heavy atom. The van der Waals surface area contributed by atoms with Crippen molar-refractivity contribution >= 4 is 28.8 Å². The predicted molar refractivity (Wildman–Crippen MR) is 102 cm³/mol. The monoisotopic (exact) mass is 377 g/mol. The maximum atomic E-state index is 12.4. The summed E-state index contributed by atoms with van der Waals surface area (Å²) >= 11 is 1.12. The molecular weight excluding hydrogens is 354 g/mol. The number of rotatable bonds is 8. The quantitative estimate of drug-likeness (QED) is 0.764. The number of carbonyl (C=O) groups excluding carboxylic acids is 2. The molecule has 140 valence electrons. The molecule has 1 heterocycles. The molecule has 8 heteroatoms. The molecule has 0 aliphatic heterocycles. The van der Waals surface area contributed by atoms with Gasteiger partial charge >= 0.3 is 4.87 Å². The van der Waals surface area contributed by atoms with Crippen LogP contribution in [0.15, 0.2) is 34.4 Å². The Morgan fingerprint density at radius 3 is 2.65 bits per heavy atom. The van der Waals surface area contributed by atoms with Gasteiger partial charge in [-0.2, -0.15) is 0 Å². The number of hydrogen-bond acceptors (Lipinski definition) is 5. The number of ether oxygens (including phenoxy) is 1. The molecule has 2 aromatic rings. The van der Waals surface area contributed by atoms with E-state index < -0.39 is 0 Å². The fraction of sp³-hybridized carbons (Fsp3) is 0.389. The summed E-state index contributed by atoms with van der Waals surface area (Å²) in [5.74, 6) is 0.0938. The largest absolute Gasteiger partial charge is 0.495 e. The van der Waals surface area contributed by atoms with Crippen LogP contribution >= 0.6 is 11.3 Å². The van der Waals surface area contributed by atoms with E-state index in [4.69, 9.17) is 4.74 Å². The third-order valence-electron chi connectivity index (χ3n) is 3.98. The maximum absolute atomic E-state index is 12.4. The molecule has 2 amide bonds. The average molecular weight is 377 g/mol. The minimum absolute atomic E-state index is 0.0507. The van der Waals surface area contributed by atoms with Crippen LogP contribution in [0.4, 0.5) is 5.69 Å². The van der Waals surface area contributed by atoms with Gasteiger partial charge in [0.15, 0.2) is 0 Å². The van der Waals surface area contributed by atoms with E-state index in [1.54, 1.807) is 28.1 Å². The van der Waals surface area contributed by atoms with Crippen LogP contribution in [0, 0.1) is 6.92 Å². The number of para-hydroxylation sites is 2. The Kier molecular flexibility index (Phi) is 6.97. The zero-order valence-electron chi connectivity index (χ0n) is 15.2. The summed E-state index contributed by atoms with van der Waals surface area (Å²) in [6.07, 6.45) is 0.174. The standard InChI is InChI=1S/C18H23N3O4S/c1-4-20(17(23)9-10-21-13(2)12-26-18(21)24)11-16(22)19-14-7-5-6-8-15(14)25-3/h5-8,12H,4,9-11H2,1-3H3,(H,19,22). The number of nitrogens with zero attached hydrogens (tertiary/aromatic N) is 2. The van der Waals surface area contributed by atoms with Crippen molar-refractivity contribution in [2.75, 3.05) is 25.5 Å². The van der Waals surface area contributed by atoms with Crippen molar-refractivity contribution in [2.24, 2.45) is 0 Å². The van der Waals surface area contributed by atoms with Crippen molar-refractivity contribution in [3.8, 4) is 5.75 Å². The fourth-order valence-corrected chi connectivity index (χ4v) is 3.29. The molecule has 7 nitrogen and oxygen atoms in total. The summed E-state index contributed by atoms with van der Waals surface area (Å²) in [5.41, 5.74) is 1.40. The van der Waals surface area contributed by atoms with Gasteiger partial charge < -0.3 is 19.5 Å². The van der Waals surface area contributed by atoms with Gasteiger partial charge in [0, 0.05) is 30.6 Å². The summed E-state index contributed by atoms with van der Waals surface area (Å²) in [6, 6.07) is 7.09. The molecule has 0 unspecified atom stereocenters. The van der Waals surface area contributed by atoms with Gasteiger partial charge in [-0.1, -0.05) is 23.5 Å². The molecule has 0 bridgehead atoms. The lowest BCUT2D eigenvalue weighted by Crippen LogP contribution is -2.38. The number of hydrogen-bond donors (Lipinski definition) is 1. The second-order valence-corrected chi connectivity index (χ2v) is 6.52. The zero-order chi connectivity index (χ0) is 19.1. The Morgan fingerprint density at radius 1 is 1.31 bits per heavy atom. The highest BCUT2D eigenvalue weighted by atomic mass is 32.1. The van der Waals surface area contributed by atoms with Crippen LogP contribution in [0.1, 0.15) is 19.0 Å². The van der Waals surface area contributed by atoms with Crippen molar-refractivity contribution in [1.29, 1.82) is 0 Å². The number of aromatic nitrogens is 1. The maximum Gasteiger partial charge on any atom is 0.307 e. The molecular formula is C18H23N3O4S. The normalized spacial score (nSPS) is 10.4. The Bertz CT molecular complexity index is 828. The van der Waals surface area contributed by atoms with Crippen molar-refractivity contribution in [1.82, 2.24) is 9.47 Å². The third kappa shape index (κ3) is 4.95. The minimum Gasteiger partial charge on any atom is -0.495 e. The van der Waals surface area contributed by atoms with Crippen molar-refractivity contribution in [2.45, 2.75) is 26.8 Å². The van der Waals surface area contributed by atoms with Crippen molar-refractivity contribution in [3.63, 3.8) is 0 Å². The average Bonchev–Trinajstić information content (AvgIpc) is 2.96. The van der Waals surface area contributed by atoms with Gasteiger partial charge in [0.25, 0.3) is 0 Å². The van der Waals surface area contributed by atoms with Crippen LogP contribution in [0.5, 0.6) is 5.75 Å². The number of methoxy groups -OCH3 is 1. The van der Waals surface area contributed by atoms with Gasteiger partial charge in [0.05, 0.1) is 19.3 Å². The van der Waals surface area contributed by atoms with Crippen molar-refractivity contribution < 1.29 is 14.3 Å². The van der Waals surface area contributed by atoms with Crippen LogP contribution < -0.4 is 14.9 Å². The lowest BCUT2D eigenvalue weighted by Gasteiger charge is -2.21. The highest BCUT2D eigenvalue weighted by molar-refractivity contribution is 7.07. The predicted octanol–water partition coefficient (Wildman–Crippen LogP) is 2.10. The molecule has 2 rings (SSSR count). The summed E-state index contributed by atoms with van der Waals surface area (Å²) < 4.78 is 6.78. The van der Waals surface area contributed by atoms with E-state index in [9.17, 15) is 14.4 Å². The molecule has 0 atom stereocenters. The Hall–Kier alpha value is -2.61. The number of benzene rings is 1. The van der Waals surface area contributed by atoms with Gasteiger partial charge in [-0.25, -0.2) is 0 Å². The topological polar surface area (TPSA) is 80.6 Å². The van der Waals surface area contributed by atoms with E-state index in [0.29, 0.717) is 24.5 Å². The minimum atomic E-state index is -0.298. The zero-order valence-corrected chi connectivity index (χ0v) is 16.0. The van der Waals surface area contributed by atoms with Crippen molar-refractivity contribution in [3.05, 3.63) is 45.0 Å². The van der Waals surface area contributed by atoms with Gasteiger partial charge in [0.1, 0.15) is 5.75 Å². The summed E-state index contributed by atoms with van der Waals surface area (Å²) in [7, 11) is 1.53. The molecule has 0 spiro atoms. The van der Waals surface area contributed by atoms with E-state index in [1.807, 2.05) is 19.9 Å². The van der Waals surface area contributed by atoms with Crippen LogP contribution in [0.3, 0.4) is 0 Å². The summed E-state index contributed by atoms with van der Waals surface area (Å²) in [4.78, 5) is 37.8. The number of carbonyl (C=O) groups is 2. The number of aryl methyl sites for hydroxylation is 1. The lowest BCUT2D eigenvalue weighted by atomic mass is 10.3. The van der Waals surface area contributed by atoms with Gasteiger partial charge in [-0.3, -0.25) is 14.4 Å². The first-order valence-corrected chi connectivity index (χ1v) is 9.19. The third-order valence-corrected chi connectivity index (χ3v) is 4.86. The first-order valence-electron chi connectivity index (χ1n) is 8.31. The van der Waals surface area contributed by atoms with E-state index in [2.05, 4.69) is 5.32 Å². The molecule has 26 heavy (non-hydrogen) atoms. The van der Waals surface area contributed by atoms with Crippen LogP contribution in [-0.4, -0.2) is 41.5 Å². The second-order valence-electron chi connectivity index (χ2n) is 5.70. The number of anilines is 1. The first-order chi connectivity index (χ1) is 12.5. The van der Waals surface area contributed by atoms with Crippen LogP contribution in [0.2, 0.25) is 0 Å². The Labute approximate surface area is 156 Å². The molecule has 1 aromatic heterocycles. The lowest BCUT2D eigenvalue weighted by molar-refractivity contribution is -0.134. The van der Waals surface area contributed by atoms with E-state index >= 15 is 0 Å². The number of likely N-dealkylation sites (N-methyl/N-ethyl adjacent to an activating group) is 1. The molecule has 0 aliphatic carbocycles. The SMILES string of the molecule is CCN(CC(=O)Nc1ccccc1OC)C(=O)CCn1c(C)csc1=O. The molecule has 0 radical (unpaired) electrons. The van der Waals surface area contributed by atoms with E-state index in [-0.39, 0.29) is 29.7 Å².